The maximum Gasteiger partial charge on any atom is 0.128 e. The molecule has 18 heavy (non-hydrogen) atoms. The van der Waals surface area contributed by atoms with Gasteiger partial charge in [0.1, 0.15) is 11.3 Å². The highest BCUT2D eigenvalue weighted by atomic mass is 35.5. The minimum Gasteiger partial charge on any atom is -0.383 e. The molecule has 0 saturated carbocycles. The Bertz CT molecular complexity index is 551. The van der Waals surface area contributed by atoms with E-state index in [1.807, 2.05) is 25.1 Å². The Hall–Kier alpha value is -0.770. The van der Waals surface area contributed by atoms with Crippen molar-refractivity contribution in [2.75, 3.05) is 13.7 Å². The summed E-state index contributed by atoms with van der Waals surface area (Å²) < 4.78 is 7.32. The van der Waals surface area contributed by atoms with Gasteiger partial charge in [0.2, 0.25) is 0 Å². The van der Waals surface area contributed by atoms with Crippen LogP contribution in [0, 0.1) is 0 Å². The molecule has 0 radical (unpaired) electrons. The van der Waals surface area contributed by atoms with Gasteiger partial charge in [0.05, 0.1) is 28.6 Å². The van der Waals surface area contributed by atoms with Crippen molar-refractivity contribution in [1.29, 1.82) is 0 Å². The molecular formula is C13H16Cl2N2O. The van der Waals surface area contributed by atoms with Crippen molar-refractivity contribution in [3.05, 3.63) is 29.0 Å². The van der Waals surface area contributed by atoms with Crippen molar-refractivity contribution < 1.29 is 4.74 Å². The van der Waals surface area contributed by atoms with Crippen molar-refractivity contribution >= 4 is 34.2 Å². The molecule has 0 fully saturated rings. The number of hydrogen-bond acceptors (Lipinski definition) is 2. The van der Waals surface area contributed by atoms with Gasteiger partial charge in [0.25, 0.3) is 0 Å². The summed E-state index contributed by atoms with van der Waals surface area (Å²) in [6.45, 7) is 4.59. The van der Waals surface area contributed by atoms with Gasteiger partial charge in [-0.2, -0.15) is 0 Å². The smallest absolute Gasteiger partial charge is 0.128 e. The van der Waals surface area contributed by atoms with Crippen LogP contribution in [0.4, 0.5) is 0 Å². The molecule has 98 valence electrons. The van der Waals surface area contributed by atoms with E-state index in [0.29, 0.717) is 11.6 Å². The van der Waals surface area contributed by atoms with Gasteiger partial charge in [-0.15, -0.1) is 11.6 Å². The summed E-state index contributed by atoms with van der Waals surface area (Å²) in [5, 5.41) is 0.474. The minimum absolute atomic E-state index is 0.162. The number of alkyl halides is 1. The van der Waals surface area contributed by atoms with Gasteiger partial charge in [-0.3, -0.25) is 0 Å². The average Bonchev–Trinajstić information content (AvgIpc) is 2.70. The number of aromatic nitrogens is 2. The molecule has 0 saturated heterocycles. The largest absolute Gasteiger partial charge is 0.383 e. The quantitative estimate of drug-likeness (QED) is 0.788. The van der Waals surface area contributed by atoms with E-state index in [0.717, 1.165) is 16.9 Å². The average molecular weight is 287 g/mol. The van der Waals surface area contributed by atoms with Gasteiger partial charge in [-0.05, 0) is 26.0 Å². The Balaban J connectivity index is 2.66. The number of fused-ring (bicyclic) bond motifs is 1. The second kappa shape index (κ2) is 5.47. The van der Waals surface area contributed by atoms with E-state index in [1.165, 1.54) is 0 Å². The molecule has 0 bridgehead atoms. The molecule has 2 aromatic rings. The zero-order valence-corrected chi connectivity index (χ0v) is 12.2. The third kappa shape index (κ3) is 2.35. The first-order valence-corrected chi connectivity index (χ1v) is 6.67. The molecule has 0 amide bonds. The van der Waals surface area contributed by atoms with E-state index in [1.54, 1.807) is 7.11 Å². The Morgan fingerprint density at radius 1 is 1.39 bits per heavy atom. The zero-order chi connectivity index (χ0) is 13.3. The molecule has 0 N–H and O–H groups in total. The van der Waals surface area contributed by atoms with Crippen LogP contribution < -0.4 is 0 Å². The summed E-state index contributed by atoms with van der Waals surface area (Å²) in [5.41, 5.74) is 1.79. The van der Waals surface area contributed by atoms with Crippen molar-refractivity contribution in [1.82, 2.24) is 9.55 Å². The lowest BCUT2D eigenvalue weighted by atomic mass is 10.2. The number of nitrogens with zero attached hydrogens (tertiary/aromatic N) is 2. The van der Waals surface area contributed by atoms with Crippen molar-refractivity contribution in [2.24, 2.45) is 0 Å². The minimum atomic E-state index is -0.173. The monoisotopic (exact) mass is 286 g/mol. The lowest BCUT2D eigenvalue weighted by Crippen LogP contribution is -2.14. The highest BCUT2D eigenvalue weighted by molar-refractivity contribution is 6.35. The van der Waals surface area contributed by atoms with Crippen LogP contribution in [0.3, 0.4) is 0 Å². The van der Waals surface area contributed by atoms with Crippen molar-refractivity contribution in [3.63, 3.8) is 0 Å². The molecular weight excluding hydrogens is 271 g/mol. The van der Waals surface area contributed by atoms with E-state index in [2.05, 4.69) is 16.5 Å². The van der Waals surface area contributed by atoms with E-state index in [4.69, 9.17) is 27.9 Å². The maximum absolute atomic E-state index is 6.21. The molecule has 1 aromatic carbocycles. The molecule has 0 spiro atoms. The summed E-state index contributed by atoms with van der Waals surface area (Å²) in [4.78, 5) is 4.56. The third-order valence-corrected chi connectivity index (χ3v) is 3.40. The predicted octanol–water partition coefficient (Wildman–Crippen LogP) is 4.20. The van der Waals surface area contributed by atoms with Gasteiger partial charge < -0.3 is 9.30 Å². The molecule has 0 aliphatic rings. The molecule has 2 unspecified atom stereocenters. The van der Waals surface area contributed by atoms with Crippen LogP contribution in [0.25, 0.3) is 11.0 Å². The number of benzene rings is 1. The fraction of sp³-hybridized carbons (Fsp3) is 0.462. The summed E-state index contributed by atoms with van der Waals surface area (Å²) in [6.07, 6.45) is 0. The molecule has 3 nitrogen and oxygen atoms in total. The molecule has 0 aliphatic heterocycles. The van der Waals surface area contributed by atoms with Crippen LogP contribution in [-0.4, -0.2) is 23.3 Å². The SMILES string of the molecule is COCC(C)n1c(C(C)Cl)nc2c(Cl)cccc21. The number of ether oxygens (including phenoxy) is 1. The highest BCUT2D eigenvalue weighted by Crippen LogP contribution is 2.31. The first-order valence-electron chi connectivity index (χ1n) is 5.85. The molecule has 1 aromatic heterocycles. The number of para-hydroxylation sites is 1. The fourth-order valence-corrected chi connectivity index (χ4v) is 2.53. The first kappa shape index (κ1) is 13.7. The molecule has 1 heterocycles. The van der Waals surface area contributed by atoms with Crippen molar-refractivity contribution in [2.45, 2.75) is 25.3 Å². The second-order valence-corrected chi connectivity index (χ2v) is 5.43. The maximum atomic E-state index is 6.21. The predicted molar refractivity (Wildman–Crippen MR) is 75.6 cm³/mol. The van der Waals surface area contributed by atoms with Crippen LogP contribution in [0.15, 0.2) is 18.2 Å². The standard InChI is InChI=1S/C13H16Cl2N2O/c1-8(7-18-3)17-11-6-4-5-10(15)12(11)16-13(17)9(2)14/h4-6,8-9H,7H2,1-3H3. The lowest BCUT2D eigenvalue weighted by Gasteiger charge is -2.17. The molecule has 5 heteroatoms. The lowest BCUT2D eigenvalue weighted by molar-refractivity contribution is 0.162. The summed E-state index contributed by atoms with van der Waals surface area (Å²) in [7, 11) is 1.69. The summed E-state index contributed by atoms with van der Waals surface area (Å²) >= 11 is 12.4. The fourth-order valence-electron chi connectivity index (χ4n) is 2.16. The third-order valence-electron chi connectivity index (χ3n) is 2.90. The second-order valence-electron chi connectivity index (χ2n) is 4.37. The zero-order valence-electron chi connectivity index (χ0n) is 10.7. The van der Waals surface area contributed by atoms with Crippen LogP contribution in [0.2, 0.25) is 5.02 Å². The number of hydrogen-bond donors (Lipinski definition) is 0. The van der Waals surface area contributed by atoms with Crippen molar-refractivity contribution in [3.8, 4) is 0 Å². The summed E-state index contributed by atoms with van der Waals surface area (Å²) in [6, 6.07) is 5.92. The Morgan fingerprint density at radius 2 is 2.11 bits per heavy atom. The van der Waals surface area contributed by atoms with E-state index in [-0.39, 0.29) is 11.4 Å². The summed E-state index contributed by atoms with van der Waals surface area (Å²) in [5.74, 6) is 0.823. The highest BCUT2D eigenvalue weighted by Gasteiger charge is 2.20. The molecule has 2 atom stereocenters. The normalized spacial score (nSPS) is 14.9. The van der Waals surface area contributed by atoms with E-state index in [9.17, 15) is 0 Å². The van der Waals surface area contributed by atoms with E-state index < -0.39 is 0 Å². The Labute approximate surface area is 117 Å². The van der Waals surface area contributed by atoms with Gasteiger partial charge >= 0.3 is 0 Å². The number of methoxy groups -OCH3 is 1. The van der Waals surface area contributed by atoms with Crippen LogP contribution >= 0.6 is 23.2 Å². The first-order chi connectivity index (χ1) is 8.56. The van der Waals surface area contributed by atoms with E-state index >= 15 is 0 Å². The van der Waals surface area contributed by atoms with Crippen LogP contribution in [0.1, 0.15) is 31.1 Å². The van der Waals surface area contributed by atoms with Crippen LogP contribution in [-0.2, 0) is 4.74 Å². The van der Waals surface area contributed by atoms with Gasteiger partial charge in [0, 0.05) is 7.11 Å². The number of imidazole rings is 1. The van der Waals surface area contributed by atoms with Gasteiger partial charge in [0.15, 0.2) is 0 Å². The number of halogens is 2. The number of rotatable bonds is 4. The van der Waals surface area contributed by atoms with Gasteiger partial charge in [-0.25, -0.2) is 4.98 Å². The topological polar surface area (TPSA) is 27.1 Å². The molecule has 0 aliphatic carbocycles. The molecule has 2 rings (SSSR count). The Kier molecular flexibility index (Phi) is 4.15. The van der Waals surface area contributed by atoms with Gasteiger partial charge in [-0.1, -0.05) is 17.7 Å². The van der Waals surface area contributed by atoms with Crippen LogP contribution in [0.5, 0.6) is 0 Å². The Morgan fingerprint density at radius 3 is 2.72 bits per heavy atom.